The predicted molar refractivity (Wildman–Crippen MR) is 97.6 cm³/mol. The van der Waals surface area contributed by atoms with Crippen molar-refractivity contribution in [2.24, 2.45) is 17.8 Å². The molecule has 28 heavy (non-hydrogen) atoms. The van der Waals surface area contributed by atoms with Crippen LogP contribution in [0.1, 0.15) is 74.7 Å². The van der Waals surface area contributed by atoms with Gasteiger partial charge in [0.05, 0.1) is 10.2 Å². The van der Waals surface area contributed by atoms with E-state index in [1.54, 1.807) is 13.8 Å². The molecule has 1 atom stereocenters. The summed E-state index contributed by atoms with van der Waals surface area (Å²) in [6.45, 7) is 3.34. The lowest BCUT2D eigenvalue weighted by Crippen LogP contribution is -2.48. The molecule has 2 aromatic heterocycles. The normalized spacial score (nSPS) is 32.9. The highest BCUT2D eigenvalue weighted by molar-refractivity contribution is 9.10. The molecule has 5 nitrogen and oxygen atoms in total. The second-order valence-corrected chi connectivity index (χ2v) is 9.80. The van der Waals surface area contributed by atoms with E-state index in [0.29, 0.717) is 17.5 Å². The summed E-state index contributed by atoms with van der Waals surface area (Å²) in [6, 6.07) is -0.567. The van der Waals surface area contributed by atoms with Crippen LogP contribution in [0.25, 0.3) is 0 Å². The molecule has 0 amide bonds. The Kier molecular flexibility index (Phi) is 4.03. The van der Waals surface area contributed by atoms with Crippen molar-refractivity contribution in [3.63, 3.8) is 0 Å². The van der Waals surface area contributed by atoms with Gasteiger partial charge in [0.25, 0.3) is 0 Å². The van der Waals surface area contributed by atoms with Crippen molar-refractivity contribution < 1.29 is 17.6 Å². The smallest absolute Gasteiger partial charge is 0.422 e. The second-order valence-electron chi connectivity index (χ2n) is 9.01. The van der Waals surface area contributed by atoms with E-state index in [1.165, 1.54) is 23.9 Å². The van der Waals surface area contributed by atoms with Gasteiger partial charge in [-0.05, 0) is 86.1 Å². The molecule has 4 saturated carbocycles. The SMILES string of the molecule is Cc1c(Br)c(C(F)(F)F)nn1C(C)c1nnc(C23CC4CC(CC(C4)C2)C3)o1. The van der Waals surface area contributed by atoms with Crippen molar-refractivity contribution in [3.05, 3.63) is 27.6 Å². The van der Waals surface area contributed by atoms with E-state index in [-0.39, 0.29) is 9.89 Å². The zero-order valence-electron chi connectivity index (χ0n) is 15.8. The van der Waals surface area contributed by atoms with E-state index >= 15 is 0 Å². The molecule has 0 aromatic carbocycles. The molecule has 0 saturated heterocycles. The average Bonchev–Trinajstić information content (AvgIpc) is 3.20. The number of hydrogen-bond donors (Lipinski definition) is 0. The van der Waals surface area contributed by atoms with Gasteiger partial charge in [-0.3, -0.25) is 4.68 Å². The highest BCUT2D eigenvalue weighted by Gasteiger charge is 2.54. The minimum Gasteiger partial charge on any atom is -0.422 e. The van der Waals surface area contributed by atoms with E-state index < -0.39 is 17.9 Å². The van der Waals surface area contributed by atoms with Crippen LogP contribution in [-0.2, 0) is 11.6 Å². The van der Waals surface area contributed by atoms with Gasteiger partial charge in [0, 0.05) is 5.41 Å². The highest BCUT2D eigenvalue weighted by atomic mass is 79.9. The summed E-state index contributed by atoms with van der Waals surface area (Å²) in [5.74, 6) is 3.24. The first-order chi connectivity index (χ1) is 13.2. The second kappa shape index (κ2) is 6.06. The molecule has 152 valence electrons. The highest BCUT2D eigenvalue weighted by Crippen LogP contribution is 2.60. The summed E-state index contributed by atoms with van der Waals surface area (Å²) in [6.07, 6.45) is 2.72. The topological polar surface area (TPSA) is 56.7 Å². The van der Waals surface area contributed by atoms with Gasteiger partial charge in [0.1, 0.15) is 6.04 Å². The third-order valence-electron chi connectivity index (χ3n) is 7.00. The molecule has 1 unspecified atom stereocenters. The number of rotatable bonds is 3. The van der Waals surface area contributed by atoms with Gasteiger partial charge in [0.2, 0.25) is 11.8 Å². The summed E-state index contributed by atoms with van der Waals surface area (Å²) in [5, 5.41) is 12.4. The van der Waals surface area contributed by atoms with E-state index in [2.05, 4.69) is 31.2 Å². The maximum Gasteiger partial charge on any atom is 0.436 e. The summed E-state index contributed by atoms with van der Waals surface area (Å²) < 4.78 is 46.9. The maximum atomic E-state index is 13.2. The molecule has 2 aromatic rings. The summed E-state index contributed by atoms with van der Waals surface area (Å²) in [7, 11) is 0. The van der Waals surface area contributed by atoms with E-state index in [4.69, 9.17) is 4.42 Å². The van der Waals surface area contributed by atoms with Crippen LogP contribution in [0.3, 0.4) is 0 Å². The molecular weight excluding hydrogens is 437 g/mol. The molecule has 4 bridgehead atoms. The summed E-state index contributed by atoms with van der Waals surface area (Å²) >= 11 is 3.02. The van der Waals surface area contributed by atoms with Gasteiger partial charge < -0.3 is 4.42 Å². The van der Waals surface area contributed by atoms with Crippen LogP contribution >= 0.6 is 15.9 Å². The molecule has 0 spiro atoms. The lowest BCUT2D eigenvalue weighted by molar-refractivity contribution is -0.142. The zero-order valence-corrected chi connectivity index (χ0v) is 17.3. The predicted octanol–water partition coefficient (Wildman–Crippen LogP) is 5.43. The third kappa shape index (κ3) is 2.75. The van der Waals surface area contributed by atoms with Crippen LogP contribution in [0, 0.1) is 24.7 Å². The Hall–Kier alpha value is -1.38. The van der Waals surface area contributed by atoms with Crippen LogP contribution in [0.5, 0.6) is 0 Å². The van der Waals surface area contributed by atoms with Crippen LogP contribution in [-0.4, -0.2) is 20.0 Å². The monoisotopic (exact) mass is 458 g/mol. The third-order valence-corrected chi connectivity index (χ3v) is 7.95. The Balaban J connectivity index is 1.46. The first-order valence-electron chi connectivity index (χ1n) is 9.82. The zero-order chi connectivity index (χ0) is 19.8. The van der Waals surface area contributed by atoms with Gasteiger partial charge in [-0.25, -0.2) is 0 Å². The van der Waals surface area contributed by atoms with E-state index in [1.807, 2.05) is 0 Å². The van der Waals surface area contributed by atoms with Crippen LogP contribution in [0.15, 0.2) is 8.89 Å². The Morgan fingerprint density at radius 2 is 1.68 bits per heavy atom. The number of nitrogens with zero attached hydrogens (tertiary/aromatic N) is 4. The van der Waals surface area contributed by atoms with Crippen molar-refractivity contribution in [1.29, 1.82) is 0 Å². The molecule has 4 aliphatic rings. The van der Waals surface area contributed by atoms with Crippen LogP contribution < -0.4 is 0 Å². The maximum absolute atomic E-state index is 13.2. The standard InChI is InChI=1S/C19H22BrF3N4O/c1-9-14(20)15(19(21,22)23)26-27(9)10(2)16-24-25-17(28-16)18-6-11-3-12(7-18)5-13(4-11)8-18/h10-13H,3-8H2,1-2H3. The molecule has 4 aliphatic carbocycles. The van der Waals surface area contributed by atoms with E-state index in [0.717, 1.165) is 37.0 Å². The summed E-state index contributed by atoms with van der Waals surface area (Å²) in [5.41, 5.74) is -0.580. The van der Waals surface area contributed by atoms with Crippen molar-refractivity contribution >= 4 is 15.9 Å². The molecular formula is C19H22BrF3N4O. The Morgan fingerprint density at radius 3 is 2.18 bits per heavy atom. The van der Waals surface area contributed by atoms with Crippen molar-refractivity contribution in [3.8, 4) is 0 Å². The van der Waals surface area contributed by atoms with Crippen LogP contribution in [0.4, 0.5) is 13.2 Å². The fraction of sp³-hybridized carbons (Fsp3) is 0.737. The fourth-order valence-electron chi connectivity index (χ4n) is 6.15. The number of halogens is 4. The summed E-state index contributed by atoms with van der Waals surface area (Å²) in [4.78, 5) is 0. The average molecular weight is 459 g/mol. The molecule has 2 heterocycles. The van der Waals surface area contributed by atoms with Crippen LogP contribution in [0.2, 0.25) is 0 Å². The fourth-order valence-corrected chi connectivity index (χ4v) is 6.64. The van der Waals surface area contributed by atoms with Gasteiger partial charge >= 0.3 is 6.18 Å². The van der Waals surface area contributed by atoms with Gasteiger partial charge in [-0.2, -0.15) is 18.3 Å². The molecule has 0 aliphatic heterocycles. The molecule has 0 N–H and O–H groups in total. The Labute approximate surface area is 169 Å². The lowest BCUT2D eigenvalue weighted by atomic mass is 9.49. The van der Waals surface area contributed by atoms with Gasteiger partial charge in [0.15, 0.2) is 5.69 Å². The Morgan fingerprint density at radius 1 is 1.11 bits per heavy atom. The molecule has 4 fully saturated rings. The molecule has 0 radical (unpaired) electrons. The minimum absolute atomic E-state index is 0.0312. The lowest BCUT2D eigenvalue weighted by Gasteiger charge is -2.55. The molecule has 6 rings (SSSR count). The van der Waals surface area contributed by atoms with E-state index in [9.17, 15) is 13.2 Å². The Bertz CT molecular complexity index is 884. The van der Waals surface area contributed by atoms with Crippen molar-refractivity contribution in [2.45, 2.75) is 70.0 Å². The van der Waals surface area contributed by atoms with Crippen molar-refractivity contribution in [2.75, 3.05) is 0 Å². The van der Waals surface area contributed by atoms with Gasteiger partial charge in [-0.1, -0.05) is 0 Å². The van der Waals surface area contributed by atoms with Gasteiger partial charge in [-0.15, -0.1) is 10.2 Å². The number of hydrogen-bond acceptors (Lipinski definition) is 4. The first-order valence-corrected chi connectivity index (χ1v) is 10.6. The first kappa shape index (κ1) is 18.6. The van der Waals surface area contributed by atoms with Crippen molar-refractivity contribution in [1.82, 2.24) is 20.0 Å². The minimum atomic E-state index is -4.52. The quantitative estimate of drug-likeness (QED) is 0.614. The number of aromatic nitrogens is 4. The molecule has 9 heteroatoms. The number of alkyl halides is 3. The largest absolute Gasteiger partial charge is 0.436 e.